The van der Waals surface area contributed by atoms with Crippen LogP contribution in [0.2, 0.25) is 0 Å². The van der Waals surface area contributed by atoms with Gasteiger partial charge in [-0.3, -0.25) is 14.8 Å². The molecule has 1 aromatic rings. The first-order chi connectivity index (χ1) is 9.71. The Kier molecular flexibility index (Phi) is 5.42. The molecule has 0 heterocycles. The summed E-state index contributed by atoms with van der Waals surface area (Å²) >= 11 is 0. The molecule has 116 valence electrons. The van der Waals surface area contributed by atoms with E-state index in [1.165, 1.54) is 0 Å². The third-order valence-electron chi connectivity index (χ3n) is 3.85. The van der Waals surface area contributed by atoms with Crippen molar-refractivity contribution < 1.29 is 19.7 Å². The quantitative estimate of drug-likeness (QED) is 0.376. The summed E-state index contributed by atoms with van der Waals surface area (Å²) in [5, 5.41) is 9.32. The third-order valence-corrected chi connectivity index (χ3v) is 3.85. The molecule has 1 N–H and O–H groups in total. The molecule has 0 radical (unpaired) electrons. The molecule has 0 aliphatic carbocycles. The van der Waals surface area contributed by atoms with Gasteiger partial charge in [-0.1, -0.05) is 38.5 Å². The van der Waals surface area contributed by atoms with Crippen LogP contribution in [0.3, 0.4) is 0 Å². The Balaban J connectivity index is 3.48. The van der Waals surface area contributed by atoms with Crippen LogP contribution in [0.4, 0.5) is 0 Å². The molecule has 0 aromatic heterocycles. The van der Waals surface area contributed by atoms with E-state index < -0.39 is 23.1 Å². The molecule has 0 spiro atoms. The van der Waals surface area contributed by atoms with Crippen molar-refractivity contribution in [2.24, 2.45) is 5.92 Å². The number of Topliss-reactive ketones (excluding diaryl/α,β-unsaturated/α-hetero) is 2. The summed E-state index contributed by atoms with van der Waals surface area (Å²) in [4.78, 5) is 29.8. The van der Waals surface area contributed by atoms with E-state index in [1.807, 2.05) is 32.9 Å². The van der Waals surface area contributed by atoms with Crippen LogP contribution in [-0.2, 0) is 9.68 Å². The number of ketones is 2. The van der Waals surface area contributed by atoms with Gasteiger partial charge in [-0.2, -0.15) is 0 Å². The van der Waals surface area contributed by atoms with Crippen LogP contribution in [0.5, 0.6) is 0 Å². The summed E-state index contributed by atoms with van der Waals surface area (Å²) in [6, 6.07) is 3.77. The first-order valence-electron chi connectivity index (χ1n) is 7.20. The van der Waals surface area contributed by atoms with Gasteiger partial charge in [0.15, 0.2) is 5.78 Å². The molecule has 0 bridgehead atoms. The summed E-state index contributed by atoms with van der Waals surface area (Å²) < 4.78 is 0. The van der Waals surface area contributed by atoms with Gasteiger partial charge in [0, 0.05) is 11.5 Å². The van der Waals surface area contributed by atoms with Gasteiger partial charge < -0.3 is 0 Å². The second-order valence-corrected chi connectivity index (χ2v) is 5.89. The Bertz CT molecular complexity index is 531. The van der Waals surface area contributed by atoms with Gasteiger partial charge in [0.25, 0.3) is 0 Å². The largest absolute Gasteiger partial charge is 0.295 e. The van der Waals surface area contributed by atoms with Crippen molar-refractivity contribution in [1.29, 1.82) is 0 Å². The molecular weight excluding hydrogens is 268 g/mol. The SMILES string of the molecule is CCC(OO)(C(=O)c1c(C)cc(C)cc1C)C(=O)C(C)C. The van der Waals surface area contributed by atoms with E-state index in [4.69, 9.17) is 0 Å². The molecule has 0 fully saturated rings. The molecule has 1 rings (SSSR count). The van der Waals surface area contributed by atoms with Gasteiger partial charge in [-0.05, 0) is 38.3 Å². The second-order valence-electron chi connectivity index (χ2n) is 5.89. The van der Waals surface area contributed by atoms with Crippen molar-refractivity contribution in [3.8, 4) is 0 Å². The number of carbonyl (C=O) groups excluding carboxylic acids is 2. The molecule has 0 saturated heterocycles. The molecule has 0 saturated carbocycles. The Morgan fingerprint density at radius 1 is 1.19 bits per heavy atom. The van der Waals surface area contributed by atoms with Crippen LogP contribution < -0.4 is 0 Å². The maximum absolute atomic E-state index is 12.9. The first-order valence-corrected chi connectivity index (χ1v) is 7.20. The molecular formula is C17H24O4. The minimum Gasteiger partial charge on any atom is -0.295 e. The van der Waals surface area contributed by atoms with Crippen molar-refractivity contribution in [3.63, 3.8) is 0 Å². The van der Waals surface area contributed by atoms with E-state index in [1.54, 1.807) is 20.8 Å². The highest BCUT2D eigenvalue weighted by Gasteiger charge is 2.48. The summed E-state index contributed by atoms with van der Waals surface area (Å²) in [6.45, 7) is 10.6. The maximum atomic E-state index is 12.9. The minimum absolute atomic E-state index is 0.0894. The lowest BCUT2D eigenvalue weighted by Crippen LogP contribution is -2.50. The normalized spacial score (nSPS) is 14.1. The Labute approximate surface area is 126 Å². The number of hydrogen-bond donors (Lipinski definition) is 1. The van der Waals surface area contributed by atoms with Crippen LogP contribution >= 0.6 is 0 Å². The molecule has 21 heavy (non-hydrogen) atoms. The Morgan fingerprint density at radius 3 is 2.00 bits per heavy atom. The fourth-order valence-corrected chi connectivity index (χ4v) is 2.80. The zero-order chi connectivity index (χ0) is 16.4. The molecule has 1 aromatic carbocycles. The topological polar surface area (TPSA) is 63.6 Å². The van der Waals surface area contributed by atoms with Gasteiger partial charge in [0.1, 0.15) is 0 Å². The van der Waals surface area contributed by atoms with Gasteiger partial charge >= 0.3 is 0 Å². The van der Waals surface area contributed by atoms with Crippen molar-refractivity contribution in [3.05, 3.63) is 34.4 Å². The van der Waals surface area contributed by atoms with Gasteiger partial charge in [0.2, 0.25) is 11.4 Å². The number of rotatable bonds is 6. The minimum atomic E-state index is -1.82. The standard InChI is InChI=1S/C17H24O4/c1-7-17(21-20,15(18)10(2)3)16(19)14-12(5)8-11(4)9-13(14)6/h8-10,20H,7H2,1-6H3. The van der Waals surface area contributed by atoms with Crippen molar-refractivity contribution in [1.82, 2.24) is 0 Å². The average Bonchev–Trinajstić information content (AvgIpc) is 2.39. The summed E-state index contributed by atoms with van der Waals surface area (Å²) in [7, 11) is 0. The van der Waals surface area contributed by atoms with E-state index in [2.05, 4.69) is 4.89 Å². The maximum Gasteiger partial charge on any atom is 0.223 e. The van der Waals surface area contributed by atoms with Crippen LogP contribution in [0.15, 0.2) is 12.1 Å². The van der Waals surface area contributed by atoms with E-state index in [0.717, 1.165) is 16.7 Å². The predicted molar refractivity (Wildman–Crippen MR) is 81.6 cm³/mol. The molecule has 4 heteroatoms. The lowest BCUT2D eigenvalue weighted by molar-refractivity contribution is -0.295. The Hall–Kier alpha value is -1.52. The van der Waals surface area contributed by atoms with Gasteiger partial charge in [0.05, 0.1) is 0 Å². The Morgan fingerprint density at radius 2 is 1.67 bits per heavy atom. The predicted octanol–water partition coefficient (Wildman–Crippen LogP) is 3.66. The highest BCUT2D eigenvalue weighted by molar-refractivity contribution is 6.19. The van der Waals surface area contributed by atoms with Gasteiger partial charge in [-0.15, -0.1) is 0 Å². The van der Waals surface area contributed by atoms with Crippen LogP contribution in [0, 0.1) is 26.7 Å². The number of aryl methyl sites for hydroxylation is 3. The van der Waals surface area contributed by atoms with E-state index >= 15 is 0 Å². The highest BCUT2D eigenvalue weighted by atomic mass is 17.1. The molecule has 1 unspecified atom stereocenters. The van der Waals surface area contributed by atoms with E-state index in [0.29, 0.717) is 5.56 Å². The van der Waals surface area contributed by atoms with Crippen molar-refractivity contribution >= 4 is 11.6 Å². The molecule has 0 aliphatic rings. The summed E-state index contributed by atoms with van der Waals surface area (Å²) in [6.07, 6.45) is 0.0894. The van der Waals surface area contributed by atoms with Crippen LogP contribution in [0.1, 0.15) is 54.2 Å². The molecule has 0 aliphatic heterocycles. The summed E-state index contributed by atoms with van der Waals surface area (Å²) in [5.41, 5.74) is 1.24. The van der Waals surface area contributed by atoms with Crippen molar-refractivity contribution in [2.45, 2.75) is 53.6 Å². The first kappa shape index (κ1) is 17.5. The summed E-state index contributed by atoms with van der Waals surface area (Å²) in [5.74, 6) is -1.29. The zero-order valence-corrected chi connectivity index (χ0v) is 13.6. The van der Waals surface area contributed by atoms with Crippen LogP contribution in [-0.4, -0.2) is 22.4 Å². The lowest BCUT2D eigenvalue weighted by atomic mass is 9.79. The average molecular weight is 292 g/mol. The number of carbonyl (C=O) groups is 2. The monoisotopic (exact) mass is 292 g/mol. The van der Waals surface area contributed by atoms with E-state index in [-0.39, 0.29) is 6.42 Å². The fourth-order valence-electron chi connectivity index (χ4n) is 2.80. The lowest BCUT2D eigenvalue weighted by Gasteiger charge is -2.29. The second kappa shape index (κ2) is 6.50. The van der Waals surface area contributed by atoms with Crippen molar-refractivity contribution in [2.75, 3.05) is 0 Å². The number of hydrogen-bond acceptors (Lipinski definition) is 4. The highest BCUT2D eigenvalue weighted by Crippen LogP contribution is 2.29. The van der Waals surface area contributed by atoms with Crippen LogP contribution in [0.25, 0.3) is 0 Å². The van der Waals surface area contributed by atoms with E-state index in [9.17, 15) is 14.8 Å². The zero-order valence-electron chi connectivity index (χ0n) is 13.6. The number of benzene rings is 1. The van der Waals surface area contributed by atoms with Gasteiger partial charge in [-0.25, -0.2) is 4.89 Å². The fraction of sp³-hybridized carbons (Fsp3) is 0.529. The molecule has 1 atom stereocenters. The smallest absolute Gasteiger partial charge is 0.223 e. The molecule has 0 amide bonds. The third kappa shape index (κ3) is 3.06. The molecule has 4 nitrogen and oxygen atoms in total.